The number of nitrogens with two attached hydrogens (primary N) is 1. The van der Waals surface area contributed by atoms with Crippen LogP contribution in [0.5, 0.6) is 11.5 Å². The lowest BCUT2D eigenvalue weighted by atomic mass is 9.93. The van der Waals surface area contributed by atoms with Gasteiger partial charge in [-0.05, 0) is 79.7 Å². The van der Waals surface area contributed by atoms with Gasteiger partial charge in [0.15, 0.2) is 17.3 Å². The monoisotopic (exact) mass is 550 g/mol. The van der Waals surface area contributed by atoms with E-state index in [1.807, 2.05) is 19.9 Å². The van der Waals surface area contributed by atoms with E-state index in [4.69, 9.17) is 25.5 Å². The van der Waals surface area contributed by atoms with Crippen molar-refractivity contribution in [1.82, 2.24) is 4.90 Å². The summed E-state index contributed by atoms with van der Waals surface area (Å²) in [5.41, 5.74) is 6.67. The average Bonchev–Trinajstić information content (AvgIpc) is 3.48. The molecule has 2 aromatic carbocycles. The molecule has 1 fully saturated rings. The van der Waals surface area contributed by atoms with Gasteiger partial charge in [0, 0.05) is 17.0 Å². The van der Waals surface area contributed by atoms with Crippen LogP contribution in [0.2, 0.25) is 5.02 Å². The number of carbonyl (C=O) groups excluding carboxylic acids is 1. The Labute approximate surface area is 228 Å². The highest BCUT2D eigenvalue weighted by molar-refractivity contribution is 6.31. The van der Waals surface area contributed by atoms with Gasteiger partial charge < -0.3 is 24.5 Å². The highest BCUT2D eigenvalue weighted by atomic mass is 35.5. The fourth-order valence-corrected chi connectivity index (χ4v) is 4.64. The Hall–Kier alpha value is -2.84. The molecule has 208 valence electrons. The van der Waals surface area contributed by atoms with Gasteiger partial charge in [-0.3, -0.25) is 4.79 Å². The van der Waals surface area contributed by atoms with Crippen LogP contribution < -0.4 is 15.2 Å². The molecule has 1 amide bonds. The van der Waals surface area contributed by atoms with Crippen molar-refractivity contribution in [3.8, 4) is 11.5 Å². The van der Waals surface area contributed by atoms with Crippen molar-refractivity contribution in [2.45, 2.75) is 52.9 Å². The normalized spacial score (nSPS) is 16.3. The molecule has 2 N–H and O–H groups in total. The van der Waals surface area contributed by atoms with E-state index in [1.54, 1.807) is 0 Å². The molecule has 0 radical (unpaired) electrons. The van der Waals surface area contributed by atoms with Gasteiger partial charge in [0.25, 0.3) is 5.91 Å². The van der Waals surface area contributed by atoms with Gasteiger partial charge in [0.05, 0.1) is 0 Å². The SMILES string of the molecule is CC.CC1(C)CCN(CCCc2ccc3c(c2)OCCO3)C1.NC(=O)C(F)(F)c1cc2cc(Cl)ccc2o1. The van der Waals surface area contributed by atoms with E-state index in [-0.39, 0.29) is 5.58 Å². The van der Waals surface area contributed by atoms with Crippen LogP contribution in [0.25, 0.3) is 11.0 Å². The summed E-state index contributed by atoms with van der Waals surface area (Å²) in [5, 5.41) is 0.783. The summed E-state index contributed by atoms with van der Waals surface area (Å²) in [6.45, 7) is 13.8. The Kier molecular flexibility index (Phi) is 10.0. The van der Waals surface area contributed by atoms with Crippen LogP contribution >= 0.6 is 11.6 Å². The fraction of sp³-hybridized carbons (Fsp3) is 0.483. The summed E-state index contributed by atoms with van der Waals surface area (Å²) in [4.78, 5) is 13.1. The minimum Gasteiger partial charge on any atom is -0.486 e. The smallest absolute Gasteiger partial charge is 0.380 e. The van der Waals surface area contributed by atoms with E-state index in [0.29, 0.717) is 29.0 Å². The number of aryl methyl sites for hydroxylation is 1. The molecule has 3 heterocycles. The third-order valence-corrected chi connectivity index (χ3v) is 6.64. The minimum absolute atomic E-state index is 0.223. The Balaban J connectivity index is 0.000000202. The number of furan rings is 1. The molecule has 2 aliphatic rings. The number of rotatable bonds is 6. The van der Waals surface area contributed by atoms with Crippen molar-refractivity contribution < 1.29 is 27.5 Å². The predicted octanol–water partition coefficient (Wildman–Crippen LogP) is 6.81. The summed E-state index contributed by atoms with van der Waals surface area (Å²) in [6, 6.07) is 11.8. The molecule has 0 atom stereocenters. The average molecular weight is 551 g/mol. The van der Waals surface area contributed by atoms with Crippen LogP contribution in [0.1, 0.15) is 51.9 Å². The molecule has 0 unspecified atom stereocenters. The number of fused-ring (bicyclic) bond motifs is 2. The molecule has 0 spiro atoms. The molecule has 5 rings (SSSR count). The molecule has 1 saturated heterocycles. The van der Waals surface area contributed by atoms with Gasteiger partial charge in [0.2, 0.25) is 0 Å². The lowest BCUT2D eigenvalue weighted by Gasteiger charge is -2.20. The zero-order chi connectivity index (χ0) is 27.9. The number of benzene rings is 2. The first-order chi connectivity index (χ1) is 18.0. The molecule has 2 aliphatic heterocycles. The topological polar surface area (TPSA) is 77.9 Å². The maximum atomic E-state index is 13.2. The standard InChI is InChI=1S/C17H25NO2.C10H6ClF2NO2.C2H6/c1-17(2)7-9-18(13-17)8-3-4-14-5-6-15-16(12-14)20-11-10-19-15;11-6-1-2-7-5(3-6)4-8(16-7)10(12,13)9(14)15;1-2/h5-6,12H,3-4,7-11,13H2,1-2H3;1-4H,(H2,14,15);1-2H3. The Morgan fingerprint density at radius 1 is 1.08 bits per heavy atom. The first-order valence-electron chi connectivity index (χ1n) is 13.0. The molecule has 0 bridgehead atoms. The number of carbonyl (C=O) groups is 1. The van der Waals surface area contributed by atoms with Crippen molar-refractivity contribution in [1.29, 1.82) is 0 Å². The van der Waals surface area contributed by atoms with Crippen molar-refractivity contribution in [3.05, 3.63) is 58.8 Å². The van der Waals surface area contributed by atoms with E-state index >= 15 is 0 Å². The third kappa shape index (κ3) is 7.60. The maximum absolute atomic E-state index is 13.2. The first-order valence-corrected chi connectivity index (χ1v) is 13.4. The van der Waals surface area contributed by atoms with Gasteiger partial charge in [-0.2, -0.15) is 8.78 Å². The summed E-state index contributed by atoms with van der Waals surface area (Å²) >= 11 is 5.68. The molecule has 0 aliphatic carbocycles. The molecule has 9 heteroatoms. The van der Waals surface area contributed by atoms with Crippen LogP contribution in [-0.4, -0.2) is 43.7 Å². The Morgan fingerprint density at radius 3 is 2.45 bits per heavy atom. The zero-order valence-electron chi connectivity index (χ0n) is 22.5. The molecular formula is C29H37ClF2N2O4. The molecule has 1 aromatic heterocycles. The van der Waals surface area contributed by atoms with Gasteiger partial charge >= 0.3 is 5.92 Å². The lowest BCUT2D eigenvalue weighted by molar-refractivity contribution is -0.145. The number of hydrogen-bond donors (Lipinski definition) is 1. The van der Waals surface area contributed by atoms with E-state index < -0.39 is 17.6 Å². The first kappa shape index (κ1) is 29.7. The van der Waals surface area contributed by atoms with Crippen molar-refractivity contribution in [2.24, 2.45) is 11.1 Å². The summed E-state index contributed by atoms with van der Waals surface area (Å²) < 4.78 is 42.5. The number of likely N-dealkylation sites (tertiary alicyclic amines) is 1. The van der Waals surface area contributed by atoms with Crippen LogP contribution in [0.3, 0.4) is 0 Å². The number of primary amides is 1. The highest BCUT2D eigenvalue weighted by Crippen LogP contribution is 2.34. The summed E-state index contributed by atoms with van der Waals surface area (Å²) in [6.07, 6.45) is 3.67. The number of ether oxygens (including phenoxy) is 2. The Bertz CT molecular complexity index is 1230. The Morgan fingerprint density at radius 2 is 1.79 bits per heavy atom. The lowest BCUT2D eigenvalue weighted by Crippen LogP contribution is -2.32. The highest BCUT2D eigenvalue weighted by Gasteiger charge is 2.42. The van der Waals surface area contributed by atoms with E-state index in [2.05, 4.69) is 36.6 Å². The summed E-state index contributed by atoms with van der Waals surface area (Å²) in [5.74, 6) is -4.54. The predicted molar refractivity (Wildman–Crippen MR) is 146 cm³/mol. The zero-order valence-corrected chi connectivity index (χ0v) is 23.2. The third-order valence-electron chi connectivity index (χ3n) is 6.40. The van der Waals surface area contributed by atoms with Gasteiger partial charge in [-0.15, -0.1) is 0 Å². The van der Waals surface area contributed by atoms with E-state index in [9.17, 15) is 13.6 Å². The molecular weight excluding hydrogens is 514 g/mol. The van der Waals surface area contributed by atoms with Crippen LogP contribution in [0.15, 0.2) is 46.9 Å². The second-order valence-corrected chi connectivity index (χ2v) is 10.4. The number of alkyl halides is 2. The molecule has 3 aromatic rings. The van der Waals surface area contributed by atoms with Gasteiger partial charge in [-0.1, -0.05) is 45.4 Å². The molecule has 6 nitrogen and oxygen atoms in total. The number of halogens is 3. The van der Waals surface area contributed by atoms with E-state index in [1.165, 1.54) is 56.2 Å². The van der Waals surface area contributed by atoms with Crippen molar-refractivity contribution in [2.75, 3.05) is 32.8 Å². The van der Waals surface area contributed by atoms with Gasteiger partial charge in [0.1, 0.15) is 18.8 Å². The summed E-state index contributed by atoms with van der Waals surface area (Å²) in [7, 11) is 0. The number of nitrogens with zero attached hydrogens (tertiary/aromatic N) is 1. The largest absolute Gasteiger partial charge is 0.486 e. The number of amides is 1. The van der Waals surface area contributed by atoms with Crippen LogP contribution in [0.4, 0.5) is 8.78 Å². The van der Waals surface area contributed by atoms with Crippen molar-refractivity contribution >= 4 is 28.5 Å². The molecule has 0 saturated carbocycles. The molecule has 38 heavy (non-hydrogen) atoms. The second kappa shape index (κ2) is 12.8. The second-order valence-electron chi connectivity index (χ2n) is 10.0. The van der Waals surface area contributed by atoms with Crippen LogP contribution in [0, 0.1) is 5.41 Å². The maximum Gasteiger partial charge on any atom is 0.380 e. The minimum atomic E-state index is -3.81. The van der Waals surface area contributed by atoms with Gasteiger partial charge in [-0.25, -0.2) is 0 Å². The number of hydrogen-bond acceptors (Lipinski definition) is 5. The van der Waals surface area contributed by atoms with Crippen LogP contribution in [-0.2, 0) is 17.1 Å². The quantitative estimate of drug-likeness (QED) is 0.365. The van der Waals surface area contributed by atoms with E-state index in [0.717, 1.165) is 24.0 Å². The van der Waals surface area contributed by atoms with Crippen molar-refractivity contribution in [3.63, 3.8) is 0 Å². The fourth-order valence-electron chi connectivity index (χ4n) is 4.46.